The molecule has 3 aromatic rings. The van der Waals surface area contributed by atoms with Crippen molar-refractivity contribution in [3.8, 4) is 17.0 Å². The molecule has 0 aliphatic carbocycles. The molecule has 1 heterocycles. The molecule has 3 rings (SSSR count). The predicted molar refractivity (Wildman–Crippen MR) is 95.9 cm³/mol. The molecule has 25 heavy (non-hydrogen) atoms. The molecular formula is C20H20N2O3. The van der Waals surface area contributed by atoms with E-state index in [4.69, 9.17) is 9.84 Å². The van der Waals surface area contributed by atoms with Crippen LogP contribution in [0.15, 0.2) is 48.5 Å². The first kappa shape index (κ1) is 16.8. The van der Waals surface area contributed by atoms with Crippen molar-refractivity contribution in [2.75, 3.05) is 0 Å². The number of aromatic nitrogens is 2. The number of rotatable bonds is 5. The van der Waals surface area contributed by atoms with Crippen molar-refractivity contribution in [1.29, 1.82) is 0 Å². The van der Waals surface area contributed by atoms with Gasteiger partial charge in [0.1, 0.15) is 12.4 Å². The minimum atomic E-state index is -1.03. The molecule has 5 nitrogen and oxygen atoms in total. The normalized spacial score (nSPS) is 10.7. The van der Waals surface area contributed by atoms with Gasteiger partial charge in [-0.3, -0.25) is 4.68 Å². The van der Waals surface area contributed by atoms with Crippen molar-refractivity contribution in [2.45, 2.75) is 20.5 Å². The molecule has 1 aromatic heterocycles. The Labute approximate surface area is 146 Å². The van der Waals surface area contributed by atoms with E-state index in [1.54, 1.807) is 17.8 Å². The molecule has 1 N–H and O–H groups in total. The summed E-state index contributed by atoms with van der Waals surface area (Å²) in [5.41, 5.74) is 4.84. The van der Waals surface area contributed by atoms with Gasteiger partial charge in [0.2, 0.25) is 0 Å². The van der Waals surface area contributed by atoms with Crippen LogP contribution in [0, 0.1) is 13.8 Å². The highest BCUT2D eigenvalue weighted by Gasteiger charge is 2.15. The maximum Gasteiger partial charge on any atom is 0.356 e. The van der Waals surface area contributed by atoms with Gasteiger partial charge in [-0.05, 0) is 48.7 Å². The first-order valence-corrected chi connectivity index (χ1v) is 8.01. The van der Waals surface area contributed by atoms with E-state index in [1.807, 2.05) is 56.3 Å². The van der Waals surface area contributed by atoms with Gasteiger partial charge in [-0.25, -0.2) is 4.79 Å². The summed E-state index contributed by atoms with van der Waals surface area (Å²) < 4.78 is 7.59. The van der Waals surface area contributed by atoms with Gasteiger partial charge >= 0.3 is 5.97 Å². The summed E-state index contributed by atoms with van der Waals surface area (Å²) >= 11 is 0. The van der Waals surface area contributed by atoms with E-state index >= 15 is 0 Å². The van der Waals surface area contributed by atoms with Crippen molar-refractivity contribution in [3.05, 3.63) is 70.9 Å². The van der Waals surface area contributed by atoms with Crippen LogP contribution in [0.3, 0.4) is 0 Å². The molecule has 0 radical (unpaired) electrons. The molecular weight excluding hydrogens is 316 g/mol. The lowest BCUT2D eigenvalue weighted by molar-refractivity contribution is 0.0689. The highest BCUT2D eigenvalue weighted by atomic mass is 16.5. The van der Waals surface area contributed by atoms with Gasteiger partial charge in [0.05, 0.1) is 5.69 Å². The lowest BCUT2D eigenvalue weighted by Gasteiger charge is -2.14. The average Bonchev–Trinajstić information content (AvgIpc) is 2.97. The zero-order valence-corrected chi connectivity index (χ0v) is 14.5. The van der Waals surface area contributed by atoms with Crippen LogP contribution in [0.1, 0.15) is 27.2 Å². The van der Waals surface area contributed by atoms with Gasteiger partial charge < -0.3 is 9.84 Å². The van der Waals surface area contributed by atoms with Crippen LogP contribution in [-0.4, -0.2) is 20.9 Å². The highest BCUT2D eigenvalue weighted by molar-refractivity contribution is 5.87. The Bertz CT molecular complexity index is 891. The van der Waals surface area contributed by atoms with E-state index in [-0.39, 0.29) is 5.69 Å². The summed E-state index contributed by atoms with van der Waals surface area (Å²) in [6.07, 6.45) is 0. The number of hydrogen-bond acceptors (Lipinski definition) is 3. The van der Waals surface area contributed by atoms with Crippen LogP contribution in [0.25, 0.3) is 11.3 Å². The van der Waals surface area contributed by atoms with E-state index in [1.165, 1.54) is 0 Å². The average molecular weight is 336 g/mol. The molecule has 0 unspecified atom stereocenters. The number of nitrogens with zero attached hydrogens (tertiary/aromatic N) is 2. The Morgan fingerprint density at radius 1 is 1.12 bits per heavy atom. The quantitative estimate of drug-likeness (QED) is 0.765. The number of carboxylic acid groups (broad SMARTS) is 1. The lowest BCUT2D eigenvalue weighted by atomic mass is 10.0. The topological polar surface area (TPSA) is 64.3 Å². The molecule has 5 heteroatoms. The number of ether oxygens (including phenoxy) is 1. The summed E-state index contributed by atoms with van der Waals surface area (Å²) in [6, 6.07) is 15.6. The Kier molecular flexibility index (Phi) is 4.57. The summed E-state index contributed by atoms with van der Waals surface area (Å²) in [4.78, 5) is 11.1. The van der Waals surface area contributed by atoms with Crippen LogP contribution in [0.2, 0.25) is 0 Å². The molecule has 0 aliphatic heterocycles. The Morgan fingerprint density at radius 2 is 1.76 bits per heavy atom. The van der Waals surface area contributed by atoms with E-state index in [2.05, 4.69) is 5.10 Å². The zero-order valence-electron chi connectivity index (χ0n) is 14.5. The van der Waals surface area contributed by atoms with E-state index < -0.39 is 5.97 Å². The van der Waals surface area contributed by atoms with Crippen LogP contribution < -0.4 is 4.74 Å². The second-order valence-electron chi connectivity index (χ2n) is 6.06. The predicted octanol–water partition coefficient (Wildman–Crippen LogP) is 3.98. The first-order valence-electron chi connectivity index (χ1n) is 8.01. The van der Waals surface area contributed by atoms with Crippen molar-refractivity contribution in [3.63, 3.8) is 0 Å². The third-order valence-electron chi connectivity index (χ3n) is 4.08. The Balaban J connectivity index is 1.89. The third-order valence-corrected chi connectivity index (χ3v) is 4.08. The standard InChI is InChI=1S/C20H20N2O3/c1-13-9-16(18-11-17(20(23)24)21-22(18)3)10-14(2)19(13)25-12-15-7-5-4-6-8-15/h4-11H,12H2,1-3H3,(H,23,24). The maximum absolute atomic E-state index is 11.1. The van der Waals surface area contributed by atoms with Gasteiger partial charge in [0.15, 0.2) is 5.69 Å². The molecule has 128 valence electrons. The highest BCUT2D eigenvalue weighted by Crippen LogP contribution is 2.31. The number of benzene rings is 2. The molecule has 0 saturated carbocycles. The van der Waals surface area contributed by atoms with Crippen molar-refractivity contribution >= 4 is 5.97 Å². The number of aromatic carboxylic acids is 1. The lowest BCUT2D eigenvalue weighted by Crippen LogP contribution is -2.01. The van der Waals surface area contributed by atoms with Gasteiger partial charge in [0, 0.05) is 12.6 Å². The number of aryl methyl sites for hydroxylation is 3. The van der Waals surface area contributed by atoms with Crippen molar-refractivity contribution in [1.82, 2.24) is 9.78 Å². The Morgan fingerprint density at radius 3 is 2.32 bits per heavy atom. The number of carboxylic acids is 1. The van der Waals surface area contributed by atoms with Gasteiger partial charge in [-0.2, -0.15) is 5.10 Å². The Hall–Kier alpha value is -3.08. The van der Waals surface area contributed by atoms with Crippen LogP contribution in [0.5, 0.6) is 5.75 Å². The van der Waals surface area contributed by atoms with Crippen LogP contribution in [-0.2, 0) is 13.7 Å². The number of carbonyl (C=O) groups is 1. The van der Waals surface area contributed by atoms with E-state index in [0.717, 1.165) is 33.7 Å². The maximum atomic E-state index is 11.1. The summed E-state index contributed by atoms with van der Waals surface area (Å²) in [6.45, 7) is 4.49. The third kappa shape index (κ3) is 3.55. The van der Waals surface area contributed by atoms with E-state index in [9.17, 15) is 4.79 Å². The minimum absolute atomic E-state index is 0.0391. The molecule has 0 bridgehead atoms. The van der Waals surface area contributed by atoms with E-state index in [0.29, 0.717) is 6.61 Å². The second kappa shape index (κ2) is 6.81. The van der Waals surface area contributed by atoms with Crippen molar-refractivity contribution < 1.29 is 14.6 Å². The minimum Gasteiger partial charge on any atom is -0.488 e. The summed E-state index contributed by atoms with van der Waals surface area (Å²) in [5.74, 6) is -0.175. The molecule has 0 saturated heterocycles. The molecule has 0 amide bonds. The number of hydrogen-bond donors (Lipinski definition) is 1. The van der Waals surface area contributed by atoms with Crippen LogP contribution in [0.4, 0.5) is 0 Å². The fourth-order valence-electron chi connectivity index (χ4n) is 2.90. The molecule has 0 atom stereocenters. The molecule has 0 fully saturated rings. The van der Waals surface area contributed by atoms with Gasteiger partial charge in [0.25, 0.3) is 0 Å². The van der Waals surface area contributed by atoms with Gasteiger partial charge in [-0.1, -0.05) is 30.3 Å². The molecule has 0 spiro atoms. The van der Waals surface area contributed by atoms with Crippen molar-refractivity contribution in [2.24, 2.45) is 7.05 Å². The SMILES string of the molecule is Cc1cc(-c2cc(C(=O)O)nn2C)cc(C)c1OCc1ccccc1. The summed E-state index contributed by atoms with van der Waals surface area (Å²) in [7, 11) is 1.74. The molecule has 0 aliphatic rings. The van der Waals surface area contributed by atoms with Crippen LogP contribution >= 0.6 is 0 Å². The van der Waals surface area contributed by atoms with Gasteiger partial charge in [-0.15, -0.1) is 0 Å². The largest absolute Gasteiger partial charge is 0.488 e. The molecule has 2 aromatic carbocycles. The fourth-order valence-corrected chi connectivity index (χ4v) is 2.90. The second-order valence-corrected chi connectivity index (χ2v) is 6.06. The fraction of sp³-hybridized carbons (Fsp3) is 0.200. The summed E-state index contributed by atoms with van der Waals surface area (Å²) in [5, 5.41) is 13.1. The first-order chi connectivity index (χ1) is 12.0. The smallest absolute Gasteiger partial charge is 0.356 e. The monoisotopic (exact) mass is 336 g/mol. The zero-order chi connectivity index (χ0) is 18.0.